The maximum atomic E-state index is 13.1. The fraction of sp³-hybridized carbons (Fsp3) is 0.452. The molecule has 2 aromatic carbocycles. The number of fused-ring (bicyclic) bond motifs is 3. The summed E-state index contributed by atoms with van der Waals surface area (Å²) in [6.07, 6.45) is 5.06. The Morgan fingerprint density at radius 3 is 2.18 bits per heavy atom. The van der Waals surface area contributed by atoms with E-state index in [-0.39, 0.29) is 34.8 Å². The third-order valence-electron chi connectivity index (χ3n) is 9.71. The molecule has 1 fully saturated rings. The monoisotopic (exact) mass is 888 g/mol. The van der Waals surface area contributed by atoms with Crippen molar-refractivity contribution in [2.45, 2.75) is 53.7 Å². The lowest BCUT2D eigenvalue weighted by Gasteiger charge is -2.21. The summed E-state index contributed by atoms with van der Waals surface area (Å²) in [5.41, 5.74) is 1.63. The number of rotatable bonds is 18. The number of benzene rings is 2. The van der Waals surface area contributed by atoms with Crippen LogP contribution in [0.15, 0.2) is 70.1 Å². The number of nitrogens with zero attached hydrogens (tertiary/aromatic N) is 2. The van der Waals surface area contributed by atoms with Gasteiger partial charge in [-0.1, -0.05) is 11.1 Å². The highest BCUT2D eigenvalue weighted by Crippen LogP contribution is 2.61. The Morgan fingerprint density at radius 1 is 0.873 bits per heavy atom. The van der Waals surface area contributed by atoms with Crippen LogP contribution in [0.1, 0.15) is 38.8 Å². The highest BCUT2D eigenvalue weighted by molar-refractivity contribution is 7.95. The molecule has 5 rings (SSSR count). The third-order valence-corrected chi connectivity index (χ3v) is 15.4. The molecule has 1 saturated heterocycles. The Bertz CT molecular complexity index is 2390. The van der Waals surface area contributed by atoms with E-state index in [1.807, 2.05) is 19.9 Å². The van der Waals surface area contributed by atoms with Crippen molar-refractivity contribution < 1.29 is 75.8 Å². The van der Waals surface area contributed by atoms with Crippen molar-refractivity contribution >= 4 is 81.4 Å². The van der Waals surface area contributed by atoms with E-state index in [1.54, 1.807) is 48.8 Å². The molecule has 0 aromatic heterocycles. The molecule has 4 N–H and O–H groups in total. The van der Waals surface area contributed by atoms with Gasteiger partial charge in [0.15, 0.2) is 28.6 Å². The van der Waals surface area contributed by atoms with Crippen LogP contribution in [0, 0.1) is 0 Å². The predicted octanol–water partition coefficient (Wildman–Crippen LogP) is 3.60. The summed E-state index contributed by atoms with van der Waals surface area (Å²) >= 11 is 1.71. The second kappa shape index (κ2) is 15.8. The lowest BCUT2D eigenvalue weighted by Crippen LogP contribution is -2.33. The summed E-state index contributed by atoms with van der Waals surface area (Å²) in [6, 6.07) is 9.37. The molecule has 0 amide bonds. The molecule has 18 nitrogen and oxygen atoms in total. The van der Waals surface area contributed by atoms with Gasteiger partial charge in [0.25, 0.3) is 25.6 Å². The van der Waals surface area contributed by atoms with Gasteiger partial charge in [0.05, 0.1) is 45.9 Å². The standard InChI is InChI=1S/C31H38N2O16S6/c1-30(2)23-18-21(51-48-46-13-14-50-49-47-34)8-10-25(23)32(12-15-53(37,38)39)27(30)6-5-7-28-31(3,4)24-19-22(52(35,36)16-17-54(40,41)42)9-11-26(24)33(28)20-29(33)55(43,44)45/h5-11,18-19,29H,12-17,20H2,1-4H3,(H2-2,34,37,38,39,40,41,42,43,44,45)/p+2/b6-5?,28-7+. The topological polar surface area (TPSA) is 257 Å². The van der Waals surface area contributed by atoms with Gasteiger partial charge in [0.2, 0.25) is 5.69 Å². The normalized spacial score (nSPS) is 22.5. The van der Waals surface area contributed by atoms with E-state index in [9.17, 15) is 42.8 Å². The second-order valence-electron chi connectivity index (χ2n) is 13.9. The van der Waals surface area contributed by atoms with Crippen LogP contribution >= 0.6 is 24.1 Å². The lowest BCUT2D eigenvalue weighted by molar-refractivity contribution is -0.432. The lowest BCUT2D eigenvalue weighted by atomic mass is 9.81. The average Bonchev–Trinajstić information content (AvgIpc) is 3.76. The van der Waals surface area contributed by atoms with E-state index in [0.717, 1.165) is 29.6 Å². The van der Waals surface area contributed by atoms with Gasteiger partial charge in [-0.2, -0.15) is 34.2 Å². The second-order valence-corrected chi connectivity index (χ2v) is 22.3. The number of sulfone groups is 1. The summed E-state index contributed by atoms with van der Waals surface area (Å²) in [5.74, 6) is -2.21. The van der Waals surface area contributed by atoms with Crippen LogP contribution in [-0.4, -0.2) is 111 Å². The molecule has 0 radical (unpaired) electrons. The van der Waals surface area contributed by atoms with E-state index >= 15 is 0 Å². The van der Waals surface area contributed by atoms with Crippen LogP contribution in [-0.2, 0) is 69.6 Å². The van der Waals surface area contributed by atoms with Crippen LogP contribution < -0.4 is 4.48 Å². The zero-order valence-corrected chi connectivity index (χ0v) is 34.7. The summed E-state index contributed by atoms with van der Waals surface area (Å²) in [7, 11) is -17.7. The largest absolute Gasteiger partial charge is 0.326 e. The molecule has 0 saturated carbocycles. The maximum Gasteiger partial charge on any atom is 0.326 e. The van der Waals surface area contributed by atoms with Crippen LogP contribution in [0.2, 0.25) is 0 Å². The Kier molecular flexibility index (Phi) is 12.6. The van der Waals surface area contributed by atoms with Crippen molar-refractivity contribution in [1.29, 1.82) is 0 Å². The van der Waals surface area contributed by atoms with E-state index in [2.05, 4.69) is 9.37 Å². The minimum absolute atomic E-state index is 0.0479. The van der Waals surface area contributed by atoms with Crippen LogP contribution in [0.5, 0.6) is 0 Å². The molecule has 2 unspecified atom stereocenters. The zero-order chi connectivity index (χ0) is 40.8. The highest BCUT2D eigenvalue weighted by atomic mass is 32.2. The van der Waals surface area contributed by atoms with E-state index in [1.165, 1.54) is 18.2 Å². The Labute approximate surface area is 327 Å². The first-order chi connectivity index (χ1) is 25.4. The molecular weight excluding hydrogens is 849 g/mol. The number of hydrogen-bond donors (Lipinski definition) is 4. The van der Waals surface area contributed by atoms with Gasteiger partial charge >= 0.3 is 10.1 Å². The first-order valence-corrected chi connectivity index (χ1v) is 24.3. The fourth-order valence-corrected chi connectivity index (χ4v) is 11.9. The fourth-order valence-electron chi connectivity index (χ4n) is 7.13. The molecular formula is C31H40N2O16S6+2. The van der Waals surface area contributed by atoms with Crippen LogP contribution in [0.25, 0.3) is 0 Å². The molecule has 0 bridgehead atoms. The summed E-state index contributed by atoms with van der Waals surface area (Å²) < 4.78 is 138. The summed E-state index contributed by atoms with van der Waals surface area (Å²) in [6.45, 7) is 7.26. The predicted molar refractivity (Wildman–Crippen MR) is 203 cm³/mol. The molecule has 304 valence electrons. The highest BCUT2D eigenvalue weighted by Gasteiger charge is 2.73. The molecule has 3 aliphatic heterocycles. The minimum Gasteiger partial charge on any atom is -0.286 e. The molecule has 3 heterocycles. The molecule has 2 aromatic rings. The molecule has 55 heavy (non-hydrogen) atoms. The van der Waals surface area contributed by atoms with Crippen molar-refractivity contribution in [2.24, 2.45) is 0 Å². The van der Waals surface area contributed by atoms with Gasteiger partial charge in [-0.3, -0.25) is 13.7 Å². The summed E-state index contributed by atoms with van der Waals surface area (Å²) in [5, 5.41) is 10.4. The average molecular weight is 889 g/mol. The Hall–Kier alpha value is -2.27. The van der Waals surface area contributed by atoms with Gasteiger partial charge in [0.1, 0.15) is 17.1 Å². The molecule has 24 heteroatoms. The van der Waals surface area contributed by atoms with E-state index < -0.39 is 73.7 Å². The number of quaternary nitrogens is 1. The van der Waals surface area contributed by atoms with Crippen molar-refractivity contribution in [2.75, 3.05) is 42.7 Å². The van der Waals surface area contributed by atoms with Gasteiger partial charge in [-0.05, 0) is 58.0 Å². The van der Waals surface area contributed by atoms with Crippen molar-refractivity contribution in [3.05, 3.63) is 71.5 Å². The first-order valence-electron chi connectivity index (χ1n) is 16.2. The number of allylic oxidation sites excluding steroid dienone is 4. The van der Waals surface area contributed by atoms with Gasteiger partial charge in [-0.25, -0.2) is 23.0 Å². The van der Waals surface area contributed by atoms with Crippen molar-refractivity contribution in [3.63, 3.8) is 0 Å². The van der Waals surface area contributed by atoms with E-state index in [4.69, 9.17) is 19.0 Å². The van der Waals surface area contributed by atoms with Gasteiger partial charge in [0, 0.05) is 52.0 Å². The van der Waals surface area contributed by atoms with Crippen LogP contribution in [0.4, 0.5) is 11.4 Å². The van der Waals surface area contributed by atoms with Gasteiger partial charge < -0.3 is 0 Å². The van der Waals surface area contributed by atoms with Crippen LogP contribution in [0.3, 0.4) is 0 Å². The minimum atomic E-state index is -4.60. The quantitative estimate of drug-likeness (QED) is 0.0244. The molecule has 1 spiro atoms. The molecule has 2 atom stereocenters. The Balaban J connectivity index is 1.52. The van der Waals surface area contributed by atoms with E-state index in [0.29, 0.717) is 33.2 Å². The smallest absolute Gasteiger partial charge is 0.286 e. The van der Waals surface area contributed by atoms with Crippen molar-refractivity contribution in [3.8, 4) is 0 Å². The SMILES string of the molecule is CC1(C)C(C=C/C=C2\C(C)(C)c3cc(S(=O)(=O)CCS(=O)(=O)O)ccc3[N+]23CC3S(=O)(=O)O)=[N+](CCS(=O)(=O)O)c2ccc(SOOCCSOOO)cc21. The first kappa shape index (κ1) is 43.8. The maximum absolute atomic E-state index is 13.1. The third kappa shape index (κ3) is 9.39. The Morgan fingerprint density at radius 2 is 1.56 bits per heavy atom. The zero-order valence-electron chi connectivity index (χ0n) is 29.8. The summed E-state index contributed by atoms with van der Waals surface area (Å²) in [4.78, 5) is 5.51. The number of hydrogen-bond acceptors (Lipinski definition) is 15. The molecule has 0 aliphatic carbocycles. The van der Waals surface area contributed by atoms with Crippen molar-refractivity contribution in [1.82, 2.24) is 4.48 Å². The molecule has 3 aliphatic rings. The van der Waals surface area contributed by atoms with Gasteiger partial charge in [-0.15, -0.1) is 4.33 Å².